The molecular weight excluding hydrogens is 306 g/mol. The fourth-order valence-electron chi connectivity index (χ4n) is 1.44. The van der Waals surface area contributed by atoms with Crippen LogP contribution in [0.5, 0.6) is 0 Å². The molecule has 8 heteroatoms. The van der Waals surface area contributed by atoms with E-state index in [0.29, 0.717) is 79.3 Å². The molecule has 0 heterocycles. The Balaban J connectivity index is 2.92. The number of hydrogen-bond donors (Lipinski definition) is 2. The van der Waals surface area contributed by atoms with Crippen LogP contribution in [0.1, 0.15) is 0 Å². The molecule has 23 heavy (non-hydrogen) atoms. The minimum Gasteiger partial charge on any atom is -0.394 e. The summed E-state index contributed by atoms with van der Waals surface area (Å²) in [5.74, 6) is 0. The normalized spacial score (nSPS) is 11.2. The lowest BCUT2D eigenvalue weighted by atomic mass is 10.6. The van der Waals surface area contributed by atoms with E-state index in [-0.39, 0.29) is 6.61 Å². The molecule has 0 aliphatic heterocycles. The van der Waals surface area contributed by atoms with Crippen molar-refractivity contribution in [3.05, 3.63) is 0 Å². The quantitative estimate of drug-likeness (QED) is 0.282. The highest BCUT2D eigenvalue weighted by molar-refractivity contribution is 4.38. The minimum absolute atomic E-state index is 0.0403. The Labute approximate surface area is 139 Å². The second-order valence-corrected chi connectivity index (χ2v) is 4.50. The van der Waals surface area contributed by atoms with Gasteiger partial charge in [0.2, 0.25) is 0 Å². The molecule has 0 spiro atoms. The number of rotatable bonds is 20. The molecule has 0 saturated heterocycles. The van der Waals surface area contributed by atoms with E-state index in [9.17, 15) is 0 Å². The predicted octanol–water partition coefficient (Wildman–Crippen LogP) is -0.702. The van der Waals surface area contributed by atoms with Crippen molar-refractivity contribution < 1.29 is 33.5 Å². The SMILES string of the molecule is CNCCOCCOCCOCCOCCOCCOCCO. The molecule has 2 N–H and O–H groups in total. The number of ether oxygens (including phenoxy) is 6. The first-order valence-electron chi connectivity index (χ1n) is 8.13. The van der Waals surface area contributed by atoms with Crippen LogP contribution in [0.3, 0.4) is 0 Å². The topological polar surface area (TPSA) is 87.6 Å². The van der Waals surface area contributed by atoms with Gasteiger partial charge in [-0.25, -0.2) is 0 Å². The van der Waals surface area contributed by atoms with E-state index in [1.807, 2.05) is 7.05 Å². The molecule has 0 fully saturated rings. The average molecular weight is 339 g/mol. The maximum absolute atomic E-state index is 8.50. The van der Waals surface area contributed by atoms with Gasteiger partial charge in [0.1, 0.15) is 0 Å². The fraction of sp³-hybridized carbons (Fsp3) is 1.00. The highest BCUT2D eigenvalue weighted by Crippen LogP contribution is 1.84. The van der Waals surface area contributed by atoms with Crippen LogP contribution in [0.25, 0.3) is 0 Å². The van der Waals surface area contributed by atoms with Crippen LogP contribution < -0.4 is 5.32 Å². The number of likely N-dealkylation sites (N-methyl/N-ethyl adjacent to an activating group) is 1. The molecule has 0 amide bonds. The largest absolute Gasteiger partial charge is 0.394 e. The Kier molecular flexibility index (Phi) is 21.4. The molecule has 0 bridgehead atoms. The molecule has 0 aromatic heterocycles. The smallest absolute Gasteiger partial charge is 0.0701 e. The van der Waals surface area contributed by atoms with E-state index in [2.05, 4.69) is 5.32 Å². The first kappa shape index (κ1) is 22.7. The highest BCUT2D eigenvalue weighted by atomic mass is 16.6. The molecule has 0 aromatic rings. The van der Waals surface area contributed by atoms with Gasteiger partial charge in [-0.1, -0.05) is 0 Å². The summed E-state index contributed by atoms with van der Waals surface area (Å²) in [7, 11) is 1.89. The third-order valence-corrected chi connectivity index (χ3v) is 2.59. The van der Waals surface area contributed by atoms with Crippen molar-refractivity contribution in [1.82, 2.24) is 5.32 Å². The first-order valence-corrected chi connectivity index (χ1v) is 8.13. The maximum atomic E-state index is 8.50. The van der Waals surface area contributed by atoms with Gasteiger partial charge < -0.3 is 38.8 Å². The zero-order valence-electron chi connectivity index (χ0n) is 14.3. The van der Waals surface area contributed by atoms with Gasteiger partial charge in [0.05, 0.1) is 85.9 Å². The van der Waals surface area contributed by atoms with Crippen LogP contribution in [0.4, 0.5) is 0 Å². The van der Waals surface area contributed by atoms with Gasteiger partial charge >= 0.3 is 0 Å². The zero-order valence-corrected chi connectivity index (χ0v) is 14.3. The van der Waals surface area contributed by atoms with E-state index < -0.39 is 0 Å². The molecule has 0 atom stereocenters. The van der Waals surface area contributed by atoms with Crippen molar-refractivity contribution in [2.75, 3.05) is 99.5 Å². The van der Waals surface area contributed by atoms with E-state index in [0.717, 1.165) is 6.54 Å². The van der Waals surface area contributed by atoms with Crippen LogP contribution >= 0.6 is 0 Å². The van der Waals surface area contributed by atoms with Crippen molar-refractivity contribution in [3.8, 4) is 0 Å². The molecule has 0 aliphatic carbocycles. The van der Waals surface area contributed by atoms with Gasteiger partial charge in [0.25, 0.3) is 0 Å². The van der Waals surface area contributed by atoms with Gasteiger partial charge in [0.15, 0.2) is 0 Å². The zero-order chi connectivity index (χ0) is 16.8. The van der Waals surface area contributed by atoms with E-state index in [4.69, 9.17) is 33.5 Å². The fourth-order valence-corrected chi connectivity index (χ4v) is 1.44. The summed E-state index contributed by atoms with van der Waals surface area (Å²) in [4.78, 5) is 0. The van der Waals surface area contributed by atoms with Crippen LogP contribution in [0, 0.1) is 0 Å². The van der Waals surface area contributed by atoms with Crippen molar-refractivity contribution >= 4 is 0 Å². The number of hydrogen-bond acceptors (Lipinski definition) is 8. The summed E-state index contributed by atoms with van der Waals surface area (Å²) >= 11 is 0. The number of nitrogens with one attached hydrogen (secondary N) is 1. The molecule has 0 aliphatic rings. The second kappa shape index (κ2) is 21.7. The average Bonchev–Trinajstić information content (AvgIpc) is 2.57. The lowest BCUT2D eigenvalue weighted by Gasteiger charge is -2.08. The van der Waals surface area contributed by atoms with Gasteiger partial charge in [-0.05, 0) is 7.05 Å². The van der Waals surface area contributed by atoms with E-state index >= 15 is 0 Å². The lowest BCUT2D eigenvalue weighted by Crippen LogP contribution is -2.17. The van der Waals surface area contributed by atoms with Gasteiger partial charge in [-0.3, -0.25) is 0 Å². The van der Waals surface area contributed by atoms with E-state index in [1.165, 1.54) is 0 Å². The third kappa shape index (κ3) is 21.7. The van der Waals surface area contributed by atoms with Gasteiger partial charge in [0, 0.05) is 6.54 Å². The van der Waals surface area contributed by atoms with Gasteiger partial charge in [-0.15, -0.1) is 0 Å². The minimum atomic E-state index is 0.0403. The lowest BCUT2D eigenvalue weighted by molar-refractivity contribution is -0.0180. The number of aliphatic hydroxyl groups is 1. The van der Waals surface area contributed by atoms with E-state index in [1.54, 1.807) is 0 Å². The summed E-state index contributed by atoms with van der Waals surface area (Å²) in [6, 6.07) is 0. The monoisotopic (exact) mass is 339 g/mol. The van der Waals surface area contributed by atoms with Crippen LogP contribution in [-0.2, 0) is 28.4 Å². The van der Waals surface area contributed by atoms with Crippen molar-refractivity contribution in [2.24, 2.45) is 0 Å². The first-order chi connectivity index (χ1) is 11.4. The standard InChI is InChI=1S/C15H33NO7/c1-16-2-4-18-6-8-20-10-12-22-14-15-23-13-11-21-9-7-19-5-3-17/h16-17H,2-15H2,1H3. The Morgan fingerprint density at radius 1 is 0.522 bits per heavy atom. The third-order valence-electron chi connectivity index (χ3n) is 2.59. The second-order valence-electron chi connectivity index (χ2n) is 4.50. The Bertz CT molecular complexity index is 190. The Morgan fingerprint density at radius 3 is 1.13 bits per heavy atom. The number of aliphatic hydroxyl groups excluding tert-OH is 1. The predicted molar refractivity (Wildman–Crippen MR) is 85.9 cm³/mol. The van der Waals surface area contributed by atoms with Gasteiger partial charge in [-0.2, -0.15) is 0 Å². The molecule has 140 valence electrons. The summed E-state index contributed by atoms with van der Waals surface area (Å²) in [5.41, 5.74) is 0. The molecule has 8 nitrogen and oxygen atoms in total. The van der Waals surface area contributed by atoms with Crippen molar-refractivity contribution in [2.45, 2.75) is 0 Å². The maximum Gasteiger partial charge on any atom is 0.0701 e. The summed E-state index contributed by atoms with van der Waals surface area (Å²) in [6.07, 6.45) is 0. The molecular formula is C15H33NO7. The molecule has 0 radical (unpaired) electrons. The van der Waals surface area contributed by atoms with Crippen LogP contribution in [-0.4, -0.2) is 105 Å². The van der Waals surface area contributed by atoms with Crippen LogP contribution in [0.15, 0.2) is 0 Å². The summed E-state index contributed by atoms with van der Waals surface area (Å²) < 4.78 is 31.7. The molecule has 0 saturated carbocycles. The Morgan fingerprint density at radius 2 is 0.826 bits per heavy atom. The molecule has 0 rings (SSSR count). The molecule has 0 unspecified atom stereocenters. The summed E-state index contributed by atoms with van der Waals surface area (Å²) in [6.45, 7) is 7.40. The summed E-state index contributed by atoms with van der Waals surface area (Å²) in [5, 5.41) is 11.5. The van der Waals surface area contributed by atoms with Crippen LogP contribution in [0.2, 0.25) is 0 Å². The highest BCUT2D eigenvalue weighted by Gasteiger charge is 1.93. The van der Waals surface area contributed by atoms with Crippen molar-refractivity contribution in [3.63, 3.8) is 0 Å². The van der Waals surface area contributed by atoms with Crippen molar-refractivity contribution in [1.29, 1.82) is 0 Å². The molecule has 0 aromatic carbocycles. The Hall–Kier alpha value is -0.320.